The highest BCUT2D eigenvalue weighted by Gasteiger charge is 2.01. The van der Waals surface area contributed by atoms with Gasteiger partial charge in [-0.2, -0.15) is 0 Å². The number of hydrazine groups is 1. The van der Waals surface area contributed by atoms with Crippen LogP contribution in [0.15, 0.2) is 17.3 Å². The van der Waals surface area contributed by atoms with Gasteiger partial charge in [0.25, 0.3) is 0 Å². The Hall–Kier alpha value is -0.830. The molecule has 0 fully saturated rings. The van der Waals surface area contributed by atoms with Gasteiger partial charge in [-0.25, -0.2) is 10.8 Å². The molecule has 0 heterocycles. The summed E-state index contributed by atoms with van der Waals surface area (Å²) in [6.07, 6.45) is 5.16. The summed E-state index contributed by atoms with van der Waals surface area (Å²) in [5.41, 5.74) is 2.50. The van der Waals surface area contributed by atoms with Crippen molar-refractivity contribution in [2.45, 2.75) is 20.8 Å². The van der Waals surface area contributed by atoms with Gasteiger partial charge in [0.05, 0.1) is 0 Å². The summed E-state index contributed by atoms with van der Waals surface area (Å²) >= 11 is 0. The van der Waals surface area contributed by atoms with Crippen LogP contribution in [-0.2, 0) is 0 Å². The van der Waals surface area contributed by atoms with Crippen LogP contribution < -0.4 is 11.3 Å². The number of rotatable bonds is 2. The molecule has 0 spiro atoms. The van der Waals surface area contributed by atoms with Crippen LogP contribution in [0.5, 0.6) is 0 Å². The fourth-order valence-corrected chi connectivity index (χ4v) is 0.353. The zero-order valence-corrected chi connectivity index (χ0v) is 6.76. The molecule has 0 rings (SSSR count). The van der Waals surface area contributed by atoms with E-state index >= 15 is 0 Å². The van der Waals surface area contributed by atoms with Gasteiger partial charge in [-0.1, -0.05) is 26.8 Å². The van der Waals surface area contributed by atoms with Crippen LogP contribution in [0.4, 0.5) is 0 Å². The summed E-state index contributed by atoms with van der Waals surface area (Å²) in [7, 11) is 0. The van der Waals surface area contributed by atoms with Gasteiger partial charge >= 0.3 is 0 Å². The molecule has 3 nitrogen and oxygen atoms in total. The SMILES string of the molecule is CC(C)(C)/C=C/N=CNN. The lowest BCUT2D eigenvalue weighted by Crippen LogP contribution is -2.18. The number of hydrogen-bond acceptors (Lipinski definition) is 2. The molecule has 0 aliphatic carbocycles. The Morgan fingerprint density at radius 2 is 2.00 bits per heavy atom. The highest BCUT2D eigenvalue weighted by Crippen LogP contribution is 2.13. The lowest BCUT2D eigenvalue weighted by atomic mass is 9.97. The average Bonchev–Trinajstić information content (AvgIpc) is 1.78. The van der Waals surface area contributed by atoms with Gasteiger partial charge in [0, 0.05) is 6.20 Å². The van der Waals surface area contributed by atoms with Crippen molar-refractivity contribution in [2.24, 2.45) is 16.3 Å². The summed E-state index contributed by atoms with van der Waals surface area (Å²) in [5, 5.41) is 0. The molecule has 0 aromatic heterocycles. The molecule has 10 heavy (non-hydrogen) atoms. The van der Waals surface area contributed by atoms with E-state index in [0.29, 0.717) is 0 Å². The van der Waals surface area contributed by atoms with Crippen molar-refractivity contribution in [3.05, 3.63) is 12.3 Å². The summed E-state index contributed by atoms with van der Waals surface area (Å²) in [6, 6.07) is 0. The molecular formula is C7H15N3. The van der Waals surface area contributed by atoms with Gasteiger partial charge in [0.15, 0.2) is 0 Å². The van der Waals surface area contributed by atoms with Crippen molar-refractivity contribution >= 4 is 6.34 Å². The maximum absolute atomic E-state index is 4.95. The monoisotopic (exact) mass is 141 g/mol. The molecule has 0 amide bonds. The van der Waals surface area contributed by atoms with E-state index in [-0.39, 0.29) is 5.41 Å². The normalized spacial score (nSPS) is 13.2. The minimum absolute atomic E-state index is 0.186. The fourth-order valence-electron chi connectivity index (χ4n) is 0.353. The number of nitrogens with zero attached hydrogens (tertiary/aromatic N) is 1. The average molecular weight is 141 g/mol. The Labute approximate surface area is 62.0 Å². The lowest BCUT2D eigenvalue weighted by Gasteiger charge is -2.09. The highest BCUT2D eigenvalue weighted by molar-refractivity contribution is 5.53. The van der Waals surface area contributed by atoms with Crippen LogP contribution in [0, 0.1) is 5.41 Å². The largest absolute Gasteiger partial charge is 0.315 e. The first-order valence-electron chi connectivity index (χ1n) is 3.22. The van der Waals surface area contributed by atoms with E-state index in [1.165, 1.54) is 6.34 Å². The smallest absolute Gasteiger partial charge is 0.102 e. The van der Waals surface area contributed by atoms with E-state index in [9.17, 15) is 0 Å². The van der Waals surface area contributed by atoms with Crippen molar-refractivity contribution in [2.75, 3.05) is 0 Å². The fraction of sp³-hybridized carbons (Fsp3) is 0.571. The highest BCUT2D eigenvalue weighted by atomic mass is 15.2. The van der Waals surface area contributed by atoms with E-state index in [1.54, 1.807) is 6.20 Å². The van der Waals surface area contributed by atoms with Gasteiger partial charge in [-0.05, 0) is 5.41 Å². The number of nitrogens with two attached hydrogens (primary N) is 1. The quantitative estimate of drug-likeness (QED) is 0.261. The zero-order chi connectivity index (χ0) is 8.04. The third-order valence-electron chi connectivity index (χ3n) is 0.810. The van der Waals surface area contributed by atoms with E-state index in [0.717, 1.165) is 0 Å². The van der Waals surface area contributed by atoms with Gasteiger partial charge in [0.1, 0.15) is 6.34 Å². The summed E-state index contributed by atoms with van der Waals surface area (Å²) in [4.78, 5) is 3.83. The summed E-state index contributed by atoms with van der Waals surface area (Å²) < 4.78 is 0. The molecular weight excluding hydrogens is 126 g/mol. The van der Waals surface area contributed by atoms with Crippen LogP contribution in [0.25, 0.3) is 0 Å². The van der Waals surface area contributed by atoms with Crippen LogP contribution in [0.1, 0.15) is 20.8 Å². The number of allylic oxidation sites excluding steroid dienone is 1. The van der Waals surface area contributed by atoms with Crippen molar-refractivity contribution in [3.63, 3.8) is 0 Å². The topological polar surface area (TPSA) is 50.4 Å². The third-order valence-corrected chi connectivity index (χ3v) is 0.810. The van der Waals surface area contributed by atoms with Crippen LogP contribution in [-0.4, -0.2) is 6.34 Å². The van der Waals surface area contributed by atoms with Gasteiger partial charge in [0.2, 0.25) is 0 Å². The predicted molar refractivity (Wildman–Crippen MR) is 44.4 cm³/mol. The van der Waals surface area contributed by atoms with E-state index in [2.05, 4.69) is 31.2 Å². The standard InChI is InChI=1S/C7H15N3/c1-7(2,3)4-5-9-6-10-8/h4-6H,8H2,1-3H3,(H,9,10)/b5-4+. The molecule has 0 bridgehead atoms. The zero-order valence-electron chi connectivity index (χ0n) is 6.76. The summed E-state index contributed by atoms with van der Waals surface area (Å²) in [6.45, 7) is 6.32. The first-order chi connectivity index (χ1) is 4.56. The van der Waals surface area contributed by atoms with Gasteiger partial charge in [-0.15, -0.1) is 0 Å². The number of aliphatic imine (C=N–C) groups is 1. The minimum Gasteiger partial charge on any atom is -0.315 e. The van der Waals surface area contributed by atoms with E-state index in [1.807, 2.05) is 6.08 Å². The molecule has 0 aromatic rings. The van der Waals surface area contributed by atoms with Crippen molar-refractivity contribution in [3.8, 4) is 0 Å². The Bertz CT molecular complexity index is 130. The van der Waals surface area contributed by atoms with Crippen LogP contribution in [0.2, 0.25) is 0 Å². The van der Waals surface area contributed by atoms with Gasteiger partial charge in [-0.3, -0.25) is 0 Å². The second-order valence-electron chi connectivity index (χ2n) is 3.13. The molecule has 58 valence electrons. The lowest BCUT2D eigenvalue weighted by molar-refractivity contribution is 0.543. The third kappa shape index (κ3) is 7.17. The molecule has 0 saturated heterocycles. The first-order valence-corrected chi connectivity index (χ1v) is 3.22. The molecule has 0 aromatic carbocycles. The van der Waals surface area contributed by atoms with Crippen molar-refractivity contribution in [1.82, 2.24) is 5.43 Å². The second-order valence-corrected chi connectivity index (χ2v) is 3.13. The van der Waals surface area contributed by atoms with Gasteiger partial charge < -0.3 is 5.43 Å². The molecule has 0 aliphatic heterocycles. The predicted octanol–water partition coefficient (Wildman–Crippen LogP) is 1.04. The molecule has 0 radical (unpaired) electrons. The van der Waals surface area contributed by atoms with Crippen LogP contribution >= 0.6 is 0 Å². The molecule has 0 atom stereocenters. The van der Waals surface area contributed by atoms with Crippen molar-refractivity contribution in [1.29, 1.82) is 0 Å². The second kappa shape index (κ2) is 4.06. The maximum Gasteiger partial charge on any atom is 0.102 e. The number of hydrogen-bond donors (Lipinski definition) is 2. The Balaban J connectivity index is 3.66. The Morgan fingerprint density at radius 3 is 2.40 bits per heavy atom. The molecule has 3 N–H and O–H groups in total. The van der Waals surface area contributed by atoms with E-state index in [4.69, 9.17) is 5.84 Å². The molecule has 3 heteroatoms. The first kappa shape index (κ1) is 9.17. The maximum atomic E-state index is 4.95. The molecule has 0 aliphatic rings. The van der Waals surface area contributed by atoms with Crippen LogP contribution in [0.3, 0.4) is 0 Å². The Kier molecular flexibility index (Phi) is 3.72. The Morgan fingerprint density at radius 1 is 1.40 bits per heavy atom. The van der Waals surface area contributed by atoms with Crippen molar-refractivity contribution < 1.29 is 0 Å². The molecule has 0 saturated carbocycles. The molecule has 0 unspecified atom stereocenters. The van der Waals surface area contributed by atoms with E-state index < -0.39 is 0 Å². The summed E-state index contributed by atoms with van der Waals surface area (Å²) in [5.74, 6) is 4.95. The minimum atomic E-state index is 0.186. The number of nitrogens with one attached hydrogen (secondary N) is 1.